The quantitative estimate of drug-likeness (QED) is 0.319. The zero-order chi connectivity index (χ0) is 27.5. The Labute approximate surface area is 211 Å². The molecule has 0 saturated carbocycles. The second-order valence-corrected chi connectivity index (χ2v) is 8.37. The van der Waals surface area contributed by atoms with Gasteiger partial charge < -0.3 is 5.32 Å². The van der Waals surface area contributed by atoms with Crippen molar-refractivity contribution in [3.8, 4) is 0 Å². The number of nitrogens with zero attached hydrogens (tertiary/aromatic N) is 3. The average Bonchev–Trinajstić information content (AvgIpc) is 2.86. The maximum atomic E-state index is 13.4. The van der Waals surface area contributed by atoms with E-state index in [0.717, 1.165) is 45.0 Å². The number of halogens is 6. The maximum Gasteiger partial charge on any atom is 0.416 e. The minimum atomic E-state index is -4.63. The highest BCUT2D eigenvalue weighted by Crippen LogP contribution is 2.31. The van der Waals surface area contributed by atoms with E-state index < -0.39 is 34.9 Å². The lowest BCUT2D eigenvalue weighted by molar-refractivity contribution is -0.138. The number of rotatable bonds is 7. The molecule has 4 aromatic rings. The van der Waals surface area contributed by atoms with E-state index in [9.17, 15) is 35.9 Å². The van der Waals surface area contributed by atoms with Crippen molar-refractivity contribution in [3.05, 3.63) is 122 Å². The molecule has 1 N–H and O–H groups in total. The molecule has 3 aromatic carbocycles. The summed E-state index contributed by atoms with van der Waals surface area (Å²) in [5.74, 6) is -0.352. The van der Waals surface area contributed by atoms with Gasteiger partial charge in [0.15, 0.2) is 0 Å². The number of hydrogen-bond acceptors (Lipinski definition) is 4. The smallest absolute Gasteiger partial charge is 0.325 e. The fraction of sp³-hybridized carbons (Fsp3) is 0.192. The Kier molecular flexibility index (Phi) is 7.42. The zero-order valence-corrected chi connectivity index (χ0v) is 19.6. The number of alkyl halides is 6. The fourth-order valence-corrected chi connectivity index (χ4v) is 3.73. The van der Waals surface area contributed by atoms with E-state index in [0.29, 0.717) is 6.42 Å². The molecule has 198 valence electrons. The van der Waals surface area contributed by atoms with Crippen LogP contribution in [0, 0.1) is 0 Å². The van der Waals surface area contributed by atoms with Crippen molar-refractivity contribution < 1.29 is 26.3 Å². The highest BCUT2D eigenvalue weighted by atomic mass is 19.4. The number of aryl methyl sites for hydroxylation is 1. The molecule has 38 heavy (non-hydrogen) atoms. The lowest BCUT2D eigenvalue weighted by atomic mass is 10.1. The molecule has 1 aromatic heterocycles. The average molecular weight is 534 g/mol. The summed E-state index contributed by atoms with van der Waals surface area (Å²) >= 11 is 0. The summed E-state index contributed by atoms with van der Waals surface area (Å²) in [7, 11) is 0. The third-order valence-corrected chi connectivity index (χ3v) is 5.68. The van der Waals surface area contributed by atoms with Crippen molar-refractivity contribution in [2.75, 3.05) is 5.32 Å². The first-order valence-electron chi connectivity index (χ1n) is 11.3. The van der Waals surface area contributed by atoms with Gasteiger partial charge in [-0.2, -0.15) is 31.3 Å². The zero-order valence-electron chi connectivity index (χ0n) is 19.6. The molecule has 0 amide bonds. The lowest BCUT2D eigenvalue weighted by Gasteiger charge is -2.17. The van der Waals surface area contributed by atoms with Gasteiger partial charge in [0, 0.05) is 12.2 Å². The van der Waals surface area contributed by atoms with Gasteiger partial charge in [-0.05, 0) is 47.9 Å². The van der Waals surface area contributed by atoms with Crippen LogP contribution in [0.3, 0.4) is 0 Å². The minimum absolute atomic E-state index is 0.0362. The summed E-state index contributed by atoms with van der Waals surface area (Å²) in [5, 5.41) is 2.58. The molecule has 0 aliphatic carbocycles. The van der Waals surface area contributed by atoms with Crippen LogP contribution in [0.15, 0.2) is 88.5 Å². The van der Waals surface area contributed by atoms with Crippen molar-refractivity contribution in [2.45, 2.75) is 31.9 Å². The van der Waals surface area contributed by atoms with Gasteiger partial charge in [0.2, 0.25) is 5.95 Å². The minimum Gasteiger partial charge on any atom is -0.325 e. The van der Waals surface area contributed by atoms with Gasteiger partial charge in [-0.15, -0.1) is 0 Å². The monoisotopic (exact) mass is 534 g/mol. The normalized spacial score (nSPS) is 11.9. The standard InChI is InChI=1S/C26H20F6N4O2/c27-25(28,29)19-11-9-18(10-12-19)16-36-22(33-21-8-4-7-20(15-21)26(30,31)32)34-23(37)35(24(36)38)14-13-17-5-2-1-3-6-17/h1-12,15H,13-14,16H2,(H,33,34,37). The van der Waals surface area contributed by atoms with E-state index in [1.165, 1.54) is 18.2 Å². The predicted octanol–water partition coefficient (Wildman–Crippen LogP) is 5.48. The van der Waals surface area contributed by atoms with E-state index >= 15 is 0 Å². The van der Waals surface area contributed by atoms with Gasteiger partial charge >= 0.3 is 23.7 Å². The van der Waals surface area contributed by atoms with Crippen LogP contribution in [0.1, 0.15) is 22.3 Å². The van der Waals surface area contributed by atoms with Crippen LogP contribution in [0.4, 0.5) is 38.0 Å². The highest BCUT2D eigenvalue weighted by Gasteiger charge is 2.31. The van der Waals surface area contributed by atoms with E-state index in [1.807, 2.05) is 18.2 Å². The van der Waals surface area contributed by atoms with Crippen LogP contribution in [-0.2, 0) is 31.9 Å². The SMILES string of the molecule is O=c1nc(Nc2cccc(C(F)(F)F)c2)n(Cc2ccc(C(F)(F)F)cc2)c(=O)n1CCc1ccccc1. The van der Waals surface area contributed by atoms with E-state index in [2.05, 4.69) is 10.3 Å². The molecule has 12 heteroatoms. The van der Waals surface area contributed by atoms with Crippen molar-refractivity contribution in [2.24, 2.45) is 0 Å². The van der Waals surface area contributed by atoms with E-state index in [1.54, 1.807) is 12.1 Å². The Morgan fingerprint density at radius 2 is 1.37 bits per heavy atom. The molecular formula is C26H20F6N4O2. The van der Waals surface area contributed by atoms with Crippen LogP contribution in [0.5, 0.6) is 0 Å². The molecule has 0 fully saturated rings. The van der Waals surface area contributed by atoms with Crippen molar-refractivity contribution in [1.82, 2.24) is 14.1 Å². The molecule has 0 aliphatic rings. The van der Waals surface area contributed by atoms with E-state index in [-0.39, 0.29) is 30.3 Å². The second kappa shape index (κ2) is 10.6. The molecule has 0 radical (unpaired) electrons. The molecule has 0 spiro atoms. The number of anilines is 2. The molecule has 4 rings (SSSR count). The Bertz CT molecular complexity index is 1530. The Balaban J connectivity index is 1.74. The molecule has 0 saturated heterocycles. The van der Waals surface area contributed by atoms with Crippen molar-refractivity contribution in [3.63, 3.8) is 0 Å². The molecule has 0 bridgehead atoms. The summed E-state index contributed by atoms with van der Waals surface area (Å²) in [6, 6.07) is 17.1. The Morgan fingerprint density at radius 1 is 0.711 bits per heavy atom. The first-order chi connectivity index (χ1) is 17.9. The summed E-state index contributed by atoms with van der Waals surface area (Å²) in [5.41, 5.74) is -2.56. The molecular weight excluding hydrogens is 514 g/mol. The maximum absolute atomic E-state index is 13.4. The molecule has 6 nitrogen and oxygen atoms in total. The number of nitrogens with one attached hydrogen (secondary N) is 1. The molecule has 0 atom stereocenters. The molecule has 0 unspecified atom stereocenters. The van der Waals surface area contributed by atoms with Gasteiger partial charge in [0.05, 0.1) is 17.7 Å². The van der Waals surface area contributed by atoms with Crippen LogP contribution < -0.4 is 16.7 Å². The summed E-state index contributed by atoms with van der Waals surface area (Å²) < 4.78 is 80.2. The first kappa shape index (κ1) is 26.7. The molecule has 1 heterocycles. The van der Waals surface area contributed by atoms with Crippen LogP contribution in [0.25, 0.3) is 0 Å². The number of aromatic nitrogens is 3. The Morgan fingerprint density at radius 3 is 2.00 bits per heavy atom. The van der Waals surface area contributed by atoms with Crippen LogP contribution in [-0.4, -0.2) is 14.1 Å². The predicted molar refractivity (Wildman–Crippen MR) is 128 cm³/mol. The lowest BCUT2D eigenvalue weighted by Crippen LogP contribution is -2.43. The van der Waals surface area contributed by atoms with Crippen LogP contribution in [0.2, 0.25) is 0 Å². The van der Waals surface area contributed by atoms with Gasteiger partial charge in [-0.25, -0.2) is 14.2 Å². The molecule has 0 aliphatic heterocycles. The summed E-state index contributed by atoms with van der Waals surface area (Å²) in [6.45, 7) is -0.331. The number of hydrogen-bond donors (Lipinski definition) is 1. The highest BCUT2D eigenvalue weighted by molar-refractivity contribution is 5.55. The van der Waals surface area contributed by atoms with Crippen LogP contribution >= 0.6 is 0 Å². The van der Waals surface area contributed by atoms with Crippen molar-refractivity contribution in [1.29, 1.82) is 0 Å². The Hall–Kier alpha value is -4.35. The van der Waals surface area contributed by atoms with Gasteiger partial charge in [-0.1, -0.05) is 48.5 Å². The van der Waals surface area contributed by atoms with Crippen molar-refractivity contribution >= 4 is 11.6 Å². The third-order valence-electron chi connectivity index (χ3n) is 5.68. The van der Waals surface area contributed by atoms with Gasteiger partial charge in [0.1, 0.15) is 0 Å². The largest absolute Gasteiger partial charge is 0.416 e. The fourth-order valence-electron chi connectivity index (χ4n) is 3.73. The van der Waals surface area contributed by atoms with Gasteiger partial charge in [0.25, 0.3) is 0 Å². The first-order valence-corrected chi connectivity index (χ1v) is 11.3. The summed E-state index contributed by atoms with van der Waals surface area (Å²) in [6.07, 6.45) is -8.87. The van der Waals surface area contributed by atoms with Gasteiger partial charge in [-0.3, -0.25) is 4.57 Å². The third kappa shape index (κ3) is 6.31. The summed E-state index contributed by atoms with van der Waals surface area (Å²) in [4.78, 5) is 30.0. The second-order valence-electron chi connectivity index (χ2n) is 8.37. The number of benzene rings is 3. The topological polar surface area (TPSA) is 68.9 Å². The van der Waals surface area contributed by atoms with E-state index in [4.69, 9.17) is 0 Å².